The van der Waals surface area contributed by atoms with Crippen LogP contribution in [0.5, 0.6) is 0 Å². The summed E-state index contributed by atoms with van der Waals surface area (Å²) in [7, 11) is 1.80. The number of hydrogen-bond donors (Lipinski definition) is 1. The fourth-order valence-electron chi connectivity index (χ4n) is 2.96. The SMILES string of the molecule is Cc1ccc(C(=O)c2cc(-c3ccccc3)c(CC(N)=O)n2C)cc1. The summed E-state index contributed by atoms with van der Waals surface area (Å²) < 4.78 is 1.77. The molecule has 1 aromatic heterocycles. The van der Waals surface area contributed by atoms with E-state index < -0.39 is 5.91 Å². The molecule has 0 spiro atoms. The third-order valence-corrected chi connectivity index (χ3v) is 4.33. The van der Waals surface area contributed by atoms with Gasteiger partial charge in [0.2, 0.25) is 11.7 Å². The molecule has 25 heavy (non-hydrogen) atoms. The fraction of sp³-hybridized carbons (Fsp3) is 0.143. The second-order valence-electron chi connectivity index (χ2n) is 6.15. The number of carbonyl (C=O) groups is 2. The molecule has 0 atom stereocenters. The Balaban J connectivity index is 2.11. The van der Waals surface area contributed by atoms with Crippen LogP contribution < -0.4 is 5.73 Å². The first-order valence-electron chi connectivity index (χ1n) is 8.11. The van der Waals surface area contributed by atoms with Gasteiger partial charge in [0.1, 0.15) is 0 Å². The van der Waals surface area contributed by atoms with Gasteiger partial charge in [-0.3, -0.25) is 9.59 Å². The van der Waals surface area contributed by atoms with Crippen LogP contribution in [0.4, 0.5) is 0 Å². The third-order valence-electron chi connectivity index (χ3n) is 4.33. The summed E-state index contributed by atoms with van der Waals surface area (Å²) in [4.78, 5) is 24.4. The highest BCUT2D eigenvalue weighted by molar-refractivity contribution is 6.09. The zero-order valence-electron chi connectivity index (χ0n) is 14.3. The van der Waals surface area contributed by atoms with Crippen molar-refractivity contribution in [3.05, 3.63) is 83.2 Å². The second kappa shape index (κ2) is 6.77. The lowest BCUT2D eigenvalue weighted by Crippen LogP contribution is -2.17. The van der Waals surface area contributed by atoms with Crippen LogP contribution in [-0.2, 0) is 18.3 Å². The first kappa shape index (κ1) is 16.7. The van der Waals surface area contributed by atoms with Gasteiger partial charge in [-0.25, -0.2) is 0 Å². The highest BCUT2D eigenvalue weighted by Gasteiger charge is 2.20. The molecule has 126 valence electrons. The van der Waals surface area contributed by atoms with Gasteiger partial charge in [-0.2, -0.15) is 0 Å². The average molecular weight is 332 g/mol. The van der Waals surface area contributed by atoms with Crippen molar-refractivity contribution < 1.29 is 9.59 Å². The molecule has 0 saturated heterocycles. The fourth-order valence-corrected chi connectivity index (χ4v) is 2.96. The van der Waals surface area contributed by atoms with Crippen molar-refractivity contribution in [2.75, 3.05) is 0 Å². The smallest absolute Gasteiger partial charge is 0.223 e. The van der Waals surface area contributed by atoms with Crippen LogP contribution in [0.15, 0.2) is 60.7 Å². The molecular formula is C21H20N2O2. The summed E-state index contributed by atoms with van der Waals surface area (Å²) in [5, 5.41) is 0. The molecule has 0 aliphatic carbocycles. The molecule has 2 N–H and O–H groups in total. The molecule has 2 aromatic carbocycles. The van der Waals surface area contributed by atoms with Crippen molar-refractivity contribution in [1.82, 2.24) is 4.57 Å². The van der Waals surface area contributed by atoms with E-state index in [2.05, 4.69) is 0 Å². The molecule has 0 saturated carbocycles. The van der Waals surface area contributed by atoms with Crippen LogP contribution in [-0.4, -0.2) is 16.3 Å². The number of benzene rings is 2. The zero-order chi connectivity index (χ0) is 18.0. The minimum atomic E-state index is -0.423. The predicted octanol–water partition coefficient (Wildman–Crippen LogP) is 3.26. The van der Waals surface area contributed by atoms with Gasteiger partial charge in [-0.1, -0.05) is 60.2 Å². The van der Waals surface area contributed by atoms with E-state index in [0.29, 0.717) is 11.3 Å². The quantitative estimate of drug-likeness (QED) is 0.729. The molecule has 0 aliphatic rings. The summed E-state index contributed by atoms with van der Waals surface area (Å²) in [6, 6.07) is 19.0. The number of aromatic nitrogens is 1. The molecule has 0 aliphatic heterocycles. The van der Waals surface area contributed by atoms with Gasteiger partial charge in [0.05, 0.1) is 12.1 Å². The first-order valence-corrected chi connectivity index (χ1v) is 8.11. The number of hydrogen-bond acceptors (Lipinski definition) is 2. The third kappa shape index (κ3) is 3.38. The first-order chi connectivity index (χ1) is 12.0. The molecule has 3 aromatic rings. The van der Waals surface area contributed by atoms with Gasteiger partial charge >= 0.3 is 0 Å². The molecule has 1 heterocycles. The normalized spacial score (nSPS) is 10.6. The molecule has 4 heteroatoms. The van der Waals surface area contributed by atoms with Gasteiger partial charge in [0, 0.05) is 23.9 Å². The van der Waals surface area contributed by atoms with Gasteiger partial charge in [0.15, 0.2) is 0 Å². The summed E-state index contributed by atoms with van der Waals surface area (Å²) in [5.74, 6) is -0.497. The Labute approximate surface area is 146 Å². The van der Waals surface area contributed by atoms with Crippen molar-refractivity contribution >= 4 is 11.7 Å². The number of rotatable bonds is 5. The summed E-state index contributed by atoms with van der Waals surface area (Å²) in [6.07, 6.45) is 0.0852. The Morgan fingerprint density at radius 2 is 1.64 bits per heavy atom. The average Bonchev–Trinajstić information content (AvgIpc) is 2.92. The summed E-state index contributed by atoms with van der Waals surface area (Å²) in [5.41, 5.74) is 10.2. The van der Waals surface area contributed by atoms with E-state index >= 15 is 0 Å². The Kier molecular flexibility index (Phi) is 4.52. The van der Waals surface area contributed by atoms with E-state index in [-0.39, 0.29) is 12.2 Å². The number of carbonyl (C=O) groups excluding carboxylic acids is 2. The molecule has 1 amide bonds. The van der Waals surface area contributed by atoms with Crippen LogP contribution in [0, 0.1) is 6.92 Å². The van der Waals surface area contributed by atoms with E-state index in [1.165, 1.54) is 0 Å². The lowest BCUT2D eigenvalue weighted by Gasteiger charge is -2.08. The monoisotopic (exact) mass is 332 g/mol. The van der Waals surface area contributed by atoms with E-state index in [1.54, 1.807) is 11.6 Å². The highest BCUT2D eigenvalue weighted by Crippen LogP contribution is 2.28. The van der Waals surface area contributed by atoms with Crippen LogP contribution in [0.25, 0.3) is 11.1 Å². The molecule has 0 bridgehead atoms. The van der Waals surface area contributed by atoms with Crippen LogP contribution >= 0.6 is 0 Å². The molecule has 3 rings (SSSR count). The number of amides is 1. The van der Waals surface area contributed by atoms with Gasteiger partial charge in [-0.05, 0) is 18.6 Å². The molecule has 0 unspecified atom stereocenters. The summed E-state index contributed by atoms with van der Waals surface area (Å²) in [6.45, 7) is 1.98. The van der Waals surface area contributed by atoms with Gasteiger partial charge < -0.3 is 10.3 Å². The largest absolute Gasteiger partial charge is 0.369 e. The summed E-state index contributed by atoms with van der Waals surface area (Å²) >= 11 is 0. The van der Waals surface area contributed by atoms with Crippen molar-refractivity contribution in [3.8, 4) is 11.1 Å². The number of ketones is 1. The minimum Gasteiger partial charge on any atom is -0.369 e. The van der Waals surface area contributed by atoms with Crippen molar-refractivity contribution in [3.63, 3.8) is 0 Å². The molecule has 0 radical (unpaired) electrons. The maximum absolute atomic E-state index is 12.9. The Hall–Kier alpha value is -3.14. The van der Waals surface area contributed by atoms with Crippen molar-refractivity contribution in [1.29, 1.82) is 0 Å². The van der Waals surface area contributed by atoms with Crippen LogP contribution in [0.1, 0.15) is 27.3 Å². The Morgan fingerprint density at radius 1 is 1.00 bits per heavy atom. The van der Waals surface area contributed by atoms with E-state index in [4.69, 9.17) is 5.73 Å². The van der Waals surface area contributed by atoms with Gasteiger partial charge in [0.25, 0.3) is 0 Å². The van der Waals surface area contributed by atoms with Gasteiger partial charge in [-0.15, -0.1) is 0 Å². The number of aryl methyl sites for hydroxylation is 1. The molecular weight excluding hydrogens is 312 g/mol. The van der Waals surface area contributed by atoms with Crippen LogP contribution in [0.2, 0.25) is 0 Å². The maximum atomic E-state index is 12.9. The topological polar surface area (TPSA) is 65.1 Å². The lowest BCUT2D eigenvalue weighted by molar-refractivity contribution is -0.117. The van der Waals surface area contributed by atoms with E-state index in [0.717, 1.165) is 22.4 Å². The number of nitrogens with zero attached hydrogens (tertiary/aromatic N) is 1. The second-order valence-corrected chi connectivity index (χ2v) is 6.15. The Morgan fingerprint density at radius 3 is 2.24 bits per heavy atom. The molecule has 0 fully saturated rings. The van der Waals surface area contributed by atoms with E-state index in [9.17, 15) is 9.59 Å². The predicted molar refractivity (Wildman–Crippen MR) is 98.4 cm³/mol. The zero-order valence-corrected chi connectivity index (χ0v) is 14.3. The minimum absolute atomic E-state index is 0.0737. The van der Waals surface area contributed by atoms with Crippen LogP contribution in [0.3, 0.4) is 0 Å². The lowest BCUT2D eigenvalue weighted by atomic mass is 10.0. The number of primary amides is 1. The standard InChI is InChI=1S/C21H20N2O2/c1-14-8-10-16(11-9-14)21(25)19-12-17(15-6-4-3-5-7-15)18(23(19)2)13-20(22)24/h3-12H,13H2,1-2H3,(H2,22,24). The number of nitrogens with two attached hydrogens (primary N) is 1. The maximum Gasteiger partial charge on any atom is 0.223 e. The highest BCUT2D eigenvalue weighted by atomic mass is 16.1. The van der Waals surface area contributed by atoms with Crippen molar-refractivity contribution in [2.45, 2.75) is 13.3 Å². The van der Waals surface area contributed by atoms with E-state index in [1.807, 2.05) is 67.6 Å². The molecule has 4 nitrogen and oxygen atoms in total. The van der Waals surface area contributed by atoms with Crippen molar-refractivity contribution in [2.24, 2.45) is 12.8 Å². The Bertz CT molecular complexity index is 923.